The smallest absolute Gasteiger partial charge is 0.236 e. The number of guanidine groups is 1. The van der Waals surface area contributed by atoms with Gasteiger partial charge in [-0.1, -0.05) is 0 Å². The number of ether oxygens (including phenoxy) is 1. The summed E-state index contributed by atoms with van der Waals surface area (Å²) in [5, 5.41) is 3.09. The monoisotopic (exact) mass is 395 g/mol. The minimum Gasteiger partial charge on any atom is -0.378 e. The lowest BCUT2D eigenvalue weighted by molar-refractivity contribution is -0.136. The molecule has 1 aromatic carbocycles. The fourth-order valence-electron chi connectivity index (χ4n) is 3.41. The molecule has 3 rings (SSSR count). The summed E-state index contributed by atoms with van der Waals surface area (Å²) >= 11 is 0. The zero-order valence-corrected chi connectivity index (χ0v) is 16.2. The highest BCUT2D eigenvalue weighted by atomic mass is 19.1. The number of nitrogens with zero attached hydrogens (tertiary/aromatic N) is 4. The first-order valence-electron chi connectivity index (χ1n) is 9.54. The van der Waals surface area contributed by atoms with Crippen molar-refractivity contribution in [2.45, 2.75) is 6.54 Å². The van der Waals surface area contributed by atoms with Gasteiger partial charge in [-0.3, -0.25) is 14.7 Å². The van der Waals surface area contributed by atoms with Crippen molar-refractivity contribution in [2.75, 3.05) is 66.1 Å². The summed E-state index contributed by atoms with van der Waals surface area (Å²) in [4.78, 5) is 22.7. The Balaban J connectivity index is 1.46. The fourth-order valence-corrected chi connectivity index (χ4v) is 3.41. The van der Waals surface area contributed by atoms with E-state index in [1.807, 2.05) is 4.90 Å². The highest BCUT2D eigenvalue weighted by molar-refractivity contribution is 5.80. The summed E-state index contributed by atoms with van der Waals surface area (Å²) < 4.78 is 32.4. The topological polar surface area (TPSA) is 60.4 Å². The van der Waals surface area contributed by atoms with Crippen LogP contribution in [-0.2, 0) is 16.1 Å². The lowest BCUT2D eigenvalue weighted by Gasteiger charge is -2.37. The first-order chi connectivity index (χ1) is 13.6. The number of carbonyl (C=O) groups is 1. The molecule has 0 atom stereocenters. The summed E-state index contributed by atoms with van der Waals surface area (Å²) in [7, 11) is 1.67. The van der Waals surface area contributed by atoms with E-state index in [1.165, 1.54) is 6.07 Å². The third-order valence-electron chi connectivity index (χ3n) is 5.05. The van der Waals surface area contributed by atoms with Crippen molar-refractivity contribution in [3.8, 4) is 0 Å². The maximum atomic E-state index is 13.8. The summed E-state index contributed by atoms with van der Waals surface area (Å²) in [6.07, 6.45) is 0. The number of hydrogen-bond acceptors (Lipinski definition) is 4. The first-order valence-corrected chi connectivity index (χ1v) is 9.54. The number of amides is 1. The minimum absolute atomic E-state index is 0.140. The molecule has 2 saturated heterocycles. The van der Waals surface area contributed by atoms with Crippen LogP contribution >= 0.6 is 0 Å². The van der Waals surface area contributed by atoms with Gasteiger partial charge in [0.25, 0.3) is 0 Å². The lowest BCUT2D eigenvalue weighted by Crippen LogP contribution is -2.54. The largest absolute Gasteiger partial charge is 0.378 e. The Morgan fingerprint density at radius 3 is 2.50 bits per heavy atom. The Morgan fingerprint density at radius 1 is 1.11 bits per heavy atom. The van der Waals surface area contributed by atoms with Gasteiger partial charge in [0.1, 0.15) is 11.6 Å². The predicted molar refractivity (Wildman–Crippen MR) is 102 cm³/mol. The predicted octanol–water partition coefficient (Wildman–Crippen LogP) is 0.517. The van der Waals surface area contributed by atoms with Crippen LogP contribution in [0.2, 0.25) is 0 Å². The molecular weight excluding hydrogens is 368 g/mol. The Labute approximate surface area is 163 Å². The van der Waals surface area contributed by atoms with Gasteiger partial charge in [-0.05, 0) is 18.2 Å². The maximum Gasteiger partial charge on any atom is 0.236 e. The average molecular weight is 395 g/mol. The molecular formula is C19H27F2N5O2. The van der Waals surface area contributed by atoms with E-state index in [0.29, 0.717) is 51.9 Å². The third kappa shape index (κ3) is 5.39. The van der Waals surface area contributed by atoms with E-state index in [2.05, 4.69) is 20.1 Å². The molecule has 154 valence electrons. The highest BCUT2D eigenvalue weighted by Gasteiger charge is 2.24. The number of benzene rings is 1. The van der Waals surface area contributed by atoms with Crippen LogP contribution in [0.4, 0.5) is 8.78 Å². The summed E-state index contributed by atoms with van der Waals surface area (Å²) in [6, 6.07) is 3.41. The number of piperazine rings is 1. The van der Waals surface area contributed by atoms with Crippen molar-refractivity contribution in [1.82, 2.24) is 20.0 Å². The second kappa shape index (κ2) is 9.79. The van der Waals surface area contributed by atoms with E-state index in [9.17, 15) is 13.6 Å². The highest BCUT2D eigenvalue weighted by Crippen LogP contribution is 2.10. The van der Waals surface area contributed by atoms with Gasteiger partial charge in [0.15, 0.2) is 5.96 Å². The first kappa shape index (κ1) is 20.5. The van der Waals surface area contributed by atoms with E-state index >= 15 is 0 Å². The molecule has 1 aromatic rings. The zero-order chi connectivity index (χ0) is 19.9. The Kier molecular flexibility index (Phi) is 7.16. The maximum absolute atomic E-state index is 13.8. The van der Waals surface area contributed by atoms with Crippen LogP contribution < -0.4 is 5.32 Å². The number of carbonyl (C=O) groups excluding carboxylic acids is 1. The van der Waals surface area contributed by atoms with Crippen LogP contribution in [0.5, 0.6) is 0 Å². The third-order valence-corrected chi connectivity index (χ3v) is 5.05. The molecule has 0 aliphatic carbocycles. The molecule has 2 aliphatic rings. The summed E-state index contributed by atoms with van der Waals surface area (Å²) in [5.41, 5.74) is 0.260. The molecule has 0 saturated carbocycles. The van der Waals surface area contributed by atoms with Crippen LogP contribution in [0.25, 0.3) is 0 Å². The van der Waals surface area contributed by atoms with Crippen molar-refractivity contribution in [3.63, 3.8) is 0 Å². The van der Waals surface area contributed by atoms with Gasteiger partial charge in [0.05, 0.1) is 19.8 Å². The number of halogens is 2. The van der Waals surface area contributed by atoms with Crippen molar-refractivity contribution in [1.29, 1.82) is 0 Å². The molecule has 0 radical (unpaired) electrons. The molecule has 1 amide bonds. The Morgan fingerprint density at radius 2 is 1.82 bits per heavy atom. The molecule has 1 N–H and O–H groups in total. The van der Waals surface area contributed by atoms with Gasteiger partial charge in [-0.2, -0.15) is 0 Å². The molecule has 0 bridgehead atoms. The van der Waals surface area contributed by atoms with Crippen LogP contribution in [0, 0.1) is 11.6 Å². The van der Waals surface area contributed by atoms with Crippen molar-refractivity contribution < 1.29 is 18.3 Å². The number of nitrogens with one attached hydrogen (secondary N) is 1. The molecule has 0 aromatic heterocycles. The Hall–Kier alpha value is -2.26. The molecule has 0 spiro atoms. The molecule has 2 aliphatic heterocycles. The normalized spacial score (nSPS) is 19.0. The van der Waals surface area contributed by atoms with E-state index in [1.54, 1.807) is 7.05 Å². The van der Waals surface area contributed by atoms with Gasteiger partial charge in [-0.15, -0.1) is 0 Å². The van der Waals surface area contributed by atoms with Crippen LogP contribution in [0.3, 0.4) is 0 Å². The molecule has 7 nitrogen and oxygen atoms in total. The SMILES string of the molecule is CN=C(NCc1cc(F)ccc1F)N1CCN(CC(=O)N2CCOCC2)CC1. The van der Waals surface area contributed by atoms with E-state index in [0.717, 1.165) is 25.2 Å². The van der Waals surface area contributed by atoms with Crippen LogP contribution in [0.15, 0.2) is 23.2 Å². The quantitative estimate of drug-likeness (QED) is 0.595. The Bertz CT molecular complexity index is 702. The molecule has 28 heavy (non-hydrogen) atoms. The second-order valence-electron chi connectivity index (χ2n) is 6.89. The summed E-state index contributed by atoms with van der Waals surface area (Å²) in [6.45, 7) is 6.00. The van der Waals surface area contributed by atoms with E-state index < -0.39 is 11.6 Å². The van der Waals surface area contributed by atoms with Crippen molar-refractivity contribution >= 4 is 11.9 Å². The van der Waals surface area contributed by atoms with Crippen LogP contribution in [-0.4, -0.2) is 92.6 Å². The zero-order valence-electron chi connectivity index (χ0n) is 16.2. The van der Waals surface area contributed by atoms with Crippen molar-refractivity contribution in [3.05, 3.63) is 35.4 Å². The number of rotatable bonds is 4. The number of hydrogen-bond donors (Lipinski definition) is 1. The van der Waals surface area contributed by atoms with E-state index in [-0.39, 0.29) is 18.0 Å². The minimum atomic E-state index is -0.466. The lowest BCUT2D eigenvalue weighted by atomic mass is 10.2. The molecule has 2 fully saturated rings. The second-order valence-corrected chi connectivity index (χ2v) is 6.89. The number of morpholine rings is 1. The van der Waals surface area contributed by atoms with Gasteiger partial charge in [0.2, 0.25) is 5.91 Å². The van der Waals surface area contributed by atoms with Gasteiger partial charge in [-0.25, -0.2) is 8.78 Å². The molecule has 9 heteroatoms. The van der Waals surface area contributed by atoms with Crippen LogP contribution in [0.1, 0.15) is 5.56 Å². The van der Waals surface area contributed by atoms with Gasteiger partial charge < -0.3 is 19.9 Å². The van der Waals surface area contributed by atoms with Crippen molar-refractivity contribution in [2.24, 2.45) is 4.99 Å². The number of aliphatic imine (C=N–C) groups is 1. The van der Waals surface area contributed by atoms with Gasteiger partial charge in [0, 0.05) is 58.4 Å². The molecule has 2 heterocycles. The summed E-state index contributed by atoms with van der Waals surface area (Å²) in [5.74, 6) is -0.133. The fraction of sp³-hybridized carbons (Fsp3) is 0.579. The average Bonchev–Trinajstić information content (AvgIpc) is 2.72. The van der Waals surface area contributed by atoms with Gasteiger partial charge >= 0.3 is 0 Å². The molecule has 0 unspecified atom stereocenters. The standard InChI is InChI=1S/C19H27F2N5O2/c1-22-19(23-13-15-12-16(20)2-3-17(15)21)26-6-4-24(5-7-26)14-18(27)25-8-10-28-11-9-25/h2-3,12H,4-11,13-14H2,1H3,(H,22,23). The van der Waals surface area contributed by atoms with E-state index in [4.69, 9.17) is 4.74 Å².